The number of carbonyl (C=O) groups excluding carboxylic acids is 1. The Morgan fingerprint density at radius 3 is 2.33 bits per heavy atom. The molecule has 0 spiro atoms. The number of hydrogen-bond acceptors (Lipinski definition) is 4. The van der Waals surface area contributed by atoms with Gasteiger partial charge in [-0.05, 0) is 49.2 Å². The number of amides is 1. The van der Waals surface area contributed by atoms with Crippen LogP contribution in [0.1, 0.15) is 31.1 Å². The van der Waals surface area contributed by atoms with E-state index in [4.69, 9.17) is 9.47 Å². The van der Waals surface area contributed by atoms with E-state index in [9.17, 15) is 4.79 Å². The Kier molecular flexibility index (Phi) is 6.51. The third-order valence-corrected chi connectivity index (χ3v) is 3.22. The van der Waals surface area contributed by atoms with Gasteiger partial charge in [0.2, 0.25) is 0 Å². The fraction of sp³-hybridized carbons (Fsp3) is 0.263. The van der Waals surface area contributed by atoms with Crippen LogP contribution in [0.15, 0.2) is 59.7 Å². The SMILES string of the molecule is COC(C(=O)N/N=C/c1ccc(OC(C)C)cc1)c1ccccc1. The van der Waals surface area contributed by atoms with Crippen molar-refractivity contribution in [2.75, 3.05) is 7.11 Å². The number of benzene rings is 2. The summed E-state index contributed by atoms with van der Waals surface area (Å²) in [5, 5.41) is 3.98. The second kappa shape index (κ2) is 8.84. The molecule has 0 saturated carbocycles. The minimum absolute atomic E-state index is 0.132. The first-order valence-electron chi connectivity index (χ1n) is 7.77. The molecule has 2 aromatic carbocycles. The van der Waals surface area contributed by atoms with E-state index in [0.717, 1.165) is 16.9 Å². The van der Waals surface area contributed by atoms with Gasteiger partial charge in [-0.2, -0.15) is 5.10 Å². The molecular formula is C19H22N2O3. The van der Waals surface area contributed by atoms with Gasteiger partial charge < -0.3 is 9.47 Å². The predicted octanol–water partition coefficient (Wildman–Crippen LogP) is 3.31. The number of rotatable bonds is 7. The average Bonchev–Trinajstić information content (AvgIpc) is 2.58. The number of hydrazone groups is 1. The second-order valence-electron chi connectivity index (χ2n) is 5.50. The van der Waals surface area contributed by atoms with Crippen LogP contribution in [0, 0.1) is 0 Å². The number of nitrogens with zero attached hydrogens (tertiary/aromatic N) is 1. The summed E-state index contributed by atoms with van der Waals surface area (Å²) < 4.78 is 10.8. The van der Waals surface area contributed by atoms with E-state index in [-0.39, 0.29) is 12.0 Å². The molecule has 0 heterocycles. The molecule has 2 aromatic rings. The van der Waals surface area contributed by atoms with Gasteiger partial charge in [-0.15, -0.1) is 0 Å². The zero-order chi connectivity index (χ0) is 17.4. The van der Waals surface area contributed by atoms with Crippen LogP contribution >= 0.6 is 0 Å². The van der Waals surface area contributed by atoms with E-state index in [0.29, 0.717) is 0 Å². The van der Waals surface area contributed by atoms with Crippen LogP contribution in [0.3, 0.4) is 0 Å². The van der Waals surface area contributed by atoms with Gasteiger partial charge in [0.1, 0.15) is 5.75 Å². The third kappa shape index (κ3) is 5.21. The largest absolute Gasteiger partial charge is 0.491 e. The highest BCUT2D eigenvalue weighted by molar-refractivity contribution is 5.85. The lowest BCUT2D eigenvalue weighted by Crippen LogP contribution is -2.26. The molecule has 0 fully saturated rings. The normalized spacial score (nSPS) is 12.3. The van der Waals surface area contributed by atoms with Gasteiger partial charge in [-0.25, -0.2) is 5.43 Å². The Morgan fingerprint density at radius 1 is 1.08 bits per heavy atom. The predicted molar refractivity (Wildman–Crippen MR) is 94.1 cm³/mol. The quantitative estimate of drug-likeness (QED) is 0.627. The summed E-state index contributed by atoms with van der Waals surface area (Å²) in [4.78, 5) is 12.2. The monoisotopic (exact) mass is 326 g/mol. The van der Waals surface area contributed by atoms with Gasteiger partial charge in [0, 0.05) is 7.11 Å². The maximum absolute atomic E-state index is 12.2. The van der Waals surface area contributed by atoms with Gasteiger partial charge in [0.15, 0.2) is 6.10 Å². The average molecular weight is 326 g/mol. The standard InChI is InChI=1S/C19H22N2O3/c1-14(2)24-17-11-9-15(10-12-17)13-20-21-19(22)18(23-3)16-7-5-4-6-8-16/h4-14,18H,1-3H3,(H,21,22)/b20-13+. The molecule has 24 heavy (non-hydrogen) atoms. The minimum atomic E-state index is -0.690. The maximum Gasteiger partial charge on any atom is 0.273 e. The molecule has 0 saturated heterocycles. The van der Waals surface area contributed by atoms with E-state index < -0.39 is 6.10 Å². The molecule has 126 valence electrons. The Labute approximate surface area is 142 Å². The van der Waals surface area contributed by atoms with Crippen LogP contribution in [0.5, 0.6) is 5.75 Å². The first-order valence-corrected chi connectivity index (χ1v) is 7.77. The molecule has 2 rings (SSSR count). The molecule has 5 heteroatoms. The van der Waals surface area contributed by atoms with Crippen molar-refractivity contribution in [2.45, 2.75) is 26.1 Å². The maximum atomic E-state index is 12.2. The van der Waals surface area contributed by atoms with Crippen LogP contribution in [-0.4, -0.2) is 25.3 Å². The van der Waals surface area contributed by atoms with Crippen molar-refractivity contribution in [3.05, 3.63) is 65.7 Å². The first kappa shape index (κ1) is 17.7. The molecule has 1 atom stereocenters. The van der Waals surface area contributed by atoms with E-state index in [1.807, 2.05) is 68.4 Å². The number of carbonyl (C=O) groups is 1. The Morgan fingerprint density at radius 2 is 1.75 bits per heavy atom. The number of ether oxygens (including phenoxy) is 2. The lowest BCUT2D eigenvalue weighted by atomic mass is 10.1. The number of hydrogen-bond donors (Lipinski definition) is 1. The lowest BCUT2D eigenvalue weighted by Gasteiger charge is -2.13. The van der Waals surface area contributed by atoms with Crippen molar-refractivity contribution in [1.82, 2.24) is 5.43 Å². The van der Waals surface area contributed by atoms with Crippen LogP contribution in [0.2, 0.25) is 0 Å². The smallest absolute Gasteiger partial charge is 0.273 e. The van der Waals surface area contributed by atoms with E-state index >= 15 is 0 Å². The molecule has 0 aliphatic rings. The molecular weight excluding hydrogens is 304 g/mol. The molecule has 0 radical (unpaired) electrons. The third-order valence-electron chi connectivity index (χ3n) is 3.22. The summed E-state index contributed by atoms with van der Waals surface area (Å²) in [7, 11) is 1.49. The van der Waals surface area contributed by atoms with Crippen LogP contribution in [-0.2, 0) is 9.53 Å². The number of nitrogens with one attached hydrogen (secondary N) is 1. The molecule has 5 nitrogen and oxygen atoms in total. The summed E-state index contributed by atoms with van der Waals surface area (Å²) in [6.45, 7) is 3.95. The van der Waals surface area contributed by atoms with Crippen molar-refractivity contribution in [2.24, 2.45) is 5.10 Å². The van der Waals surface area contributed by atoms with Crippen LogP contribution < -0.4 is 10.2 Å². The van der Waals surface area contributed by atoms with Crippen LogP contribution in [0.4, 0.5) is 0 Å². The molecule has 1 amide bonds. The zero-order valence-corrected chi connectivity index (χ0v) is 14.1. The minimum Gasteiger partial charge on any atom is -0.491 e. The molecule has 1 N–H and O–H groups in total. The molecule has 0 aromatic heterocycles. The fourth-order valence-corrected chi connectivity index (χ4v) is 2.16. The van der Waals surface area contributed by atoms with Crippen LogP contribution in [0.25, 0.3) is 0 Å². The summed E-state index contributed by atoms with van der Waals surface area (Å²) in [6, 6.07) is 16.8. The first-order chi connectivity index (χ1) is 11.6. The van der Waals surface area contributed by atoms with Crippen molar-refractivity contribution in [3.63, 3.8) is 0 Å². The second-order valence-corrected chi connectivity index (χ2v) is 5.50. The zero-order valence-electron chi connectivity index (χ0n) is 14.1. The lowest BCUT2D eigenvalue weighted by molar-refractivity contribution is -0.131. The van der Waals surface area contributed by atoms with Crippen molar-refractivity contribution < 1.29 is 14.3 Å². The van der Waals surface area contributed by atoms with E-state index in [1.54, 1.807) is 6.21 Å². The molecule has 1 unspecified atom stereocenters. The fourth-order valence-electron chi connectivity index (χ4n) is 2.16. The Bertz CT molecular complexity index is 667. The van der Waals surface area contributed by atoms with Gasteiger partial charge in [-0.1, -0.05) is 30.3 Å². The highest BCUT2D eigenvalue weighted by Crippen LogP contribution is 2.16. The molecule has 0 bridgehead atoms. The Hall–Kier alpha value is -2.66. The highest BCUT2D eigenvalue weighted by atomic mass is 16.5. The van der Waals surface area contributed by atoms with Gasteiger partial charge in [-0.3, -0.25) is 4.79 Å². The van der Waals surface area contributed by atoms with E-state index in [2.05, 4.69) is 10.5 Å². The summed E-state index contributed by atoms with van der Waals surface area (Å²) >= 11 is 0. The van der Waals surface area contributed by atoms with Gasteiger partial charge in [0.25, 0.3) is 5.91 Å². The van der Waals surface area contributed by atoms with E-state index in [1.165, 1.54) is 7.11 Å². The van der Waals surface area contributed by atoms with Crippen molar-refractivity contribution in [3.8, 4) is 5.75 Å². The number of methoxy groups -OCH3 is 1. The van der Waals surface area contributed by atoms with Gasteiger partial charge >= 0.3 is 0 Å². The Balaban J connectivity index is 1.94. The van der Waals surface area contributed by atoms with Crippen molar-refractivity contribution in [1.29, 1.82) is 0 Å². The highest BCUT2D eigenvalue weighted by Gasteiger charge is 2.18. The summed E-state index contributed by atoms with van der Waals surface area (Å²) in [5.74, 6) is 0.481. The topological polar surface area (TPSA) is 59.9 Å². The summed E-state index contributed by atoms with van der Waals surface area (Å²) in [5.41, 5.74) is 4.14. The van der Waals surface area contributed by atoms with Gasteiger partial charge in [0.05, 0.1) is 12.3 Å². The molecule has 0 aliphatic carbocycles. The molecule has 0 aliphatic heterocycles. The summed E-state index contributed by atoms with van der Waals surface area (Å²) in [6.07, 6.45) is 1.02. The van der Waals surface area contributed by atoms with Crippen molar-refractivity contribution >= 4 is 12.1 Å².